The average Bonchev–Trinajstić information content (AvgIpc) is 2.61. The van der Waals surface area contributed by atoms with E-state index in [0.29, 0.717) is 11.4 Å². The van der Waals surface area contributed by atoms with Gasteiger partial charge < -0.3 is 15.4 Å². The summed E-state index contributed by atoms with van der Waals surface area (Å²) in [5.41, 5.74) is 4.68. The number of amides is 2. The van der Waals surface area contributed by atoms with Crippen LogP contribution in [0.5, 0.6) is 5.75 Å². The van der Waals surface area contributed by atoms with Crippen molar-refractivity contribution in [2.24, 2.45) is 5.10 Å². The summed E-state index contributed by atoms with van der Waals surface area (Å²) in [6, 6.07) is 14.4. The van der Waals surface area contributed by atoms with Crippen molar-refractivity contribution in [2.75, 3.05) is 24.3 Å². The molecule has 0 aliphatic heterocycles. The molecule has 2 aromatic carbocycles. The molecule has 0 aromatic heterocycles. The molecule has 0 saturated carbocycles. The Hall–Kier alpha value is -3.35. The second kappa shape index (κ2) is 9.07. The minimum absolute atomic E-state index is 0.0686. The van der Waals surface area contributed by atoms with E-state index in [1.807, 2.05) is 24.3 Å². The number of nitrogens with one attached hydrogen (secondary N) is 3. The Balaban J connectivity index is 1.81. The maximum atomic E-state index is 11.8. The molecule has 0 saturated heterocycles. The first kappa shape index (κ1) is 18.0. The molecule has 3 N–H and O–H groups in total. The van der Waals surface area contributed by atoms with E-state index in [1.54, 1.807) is 31.4 Å². The van der Waals surface area contributed by atoms with Crippen LogP contribution in [0, 0.1) is 0 Å². The van der Waals surface area contributed by atoms with E-state index in [4.69, 9.17) is 4.74 Å². The molecule has 0 aliphatic rings. The minimum Gasteiger partial charge on any atom is -0.495 e. The molecule has 25 heavy (non-hydrogen) atoms. The molecule has 0 radical (unpaired) electrons. The van der Waals surface area contributed by atoms with Crippen molar-refractivity contribution in [2.45, 2.75) is 6.92 Å². The normalized spacial score (nSPS) is 10.3. The highest BCUT2D eigenvalue weighted by Crippen LogP contribution is 2.22. The number of ether oxygens (including phenoxy) is 1. The summed E-state index contributed by atoms with van der Waals surface area (Å²) in [6.45, 7) is 1.52. The number of anilines is 2. The van der Waals surface area contributed by atoms with Crippen LogP contribution in [-0.2, 0) is 9.59 Å². The van der Waals surface area contributed by atoms with Crippen LogP contribution in [-0.4, -0.2) is 31.7 Å². The Labute approximate surface area is 146 Å². The first-order chi connectivity index (χ1) is 12.1. The number of rotatable bonds is 7. The Morgan fingerprint density at radius 1 is 1.12 bits per heavy atom. The summed E-state index contributed by atoms with van der Waals surface area (Å²) < 4.78 is 5.20. The molecule has 0 bridgehead atoms. The van der Waals surface area contributed by atoms with Gasteiger partial charge in [0, 0.05) is 12.6 Å². The van der Waals surface area contributed by atoms with Crippen LogP contribution >= 0.6 is 0 Å². The molecule has 130 valence electrons. The summed E-state index contributed by atoms with van der Waals surface area (Å²) in [4.78, 5) is 22.8. The van der Waals surface area contributed by atoms with Gasteiger partial charge in [0.2, 0.25) is 5.91 Å². The van der Waals surface area contributed by atoms with E-state index in [9.17, 15) is 9.59 Å². The third-order valence-electron chi connectivity index (χ3n) is 3.18. The molecule has 7 heteroatoms. The predicted octanol–water partition coefficient (Wildman–Crippen LogP) is 2.22. The summed E-state index contributed by atoms with van der Waals surface area (Å²) in [6.07, 6.45) is 1.53. The van der Waals surface area contributed by atoms with Gasteiger partial charge in [0.15, 0.2) is 0 Å². The van der Waals surface area contributed by atoms with Gasteiger partial charge >= 0.3 is 0 Å². The van der Waals surface area contributed by atoms with E-state index < -0.39 is 0 Å². The van der Waals surface area contributed by atoms with Gasteiger partial charge in [0.05, 0.1) is 25.6 Å². The summed E-state index contributed by atoms with van der Waals surface area (Å²) in [5.74, 6) is 0.256. The molecule has 2 rings (SSSR count). The van der Waals surface area contributed by atoms with Crippen LogP contribution in [0.4, 0.5) is 11.4 Å². The molecule has 2 aromatic rings. The number of carbonyl (C=O) groups is 2. The molecular weight excluding hydrogens is 320 g/mol. The zero-order valence-corrected chi connectivity index (χ0v) is 14.1. The Bertz CT molecular complexity index is 757. The van der Waals surface area contributed by atoms with Crippen LogP contribution in [0.15, 0.2) is 53.6 Å². The number of benzene rings is 2. The molecule has 0 atom stereocenters. The maximum absolute atomic E-state index is 11.8. The second-order valence-corrected chi connectivity index (χ2v) is 5.15. The second-order valence-electron chi connectivity index (χ2n) is 5.15. The summed E-state index contributed by atoms with van der Waals surface area (Å²) in [5, 5.41) is 9.57. The van der Waals surface area contributed by atoms with E-state index in [-0.39, 0.29) is 18.4 Å². The fourth-order valence-electron chi connectivity index (χ4n) is 2.04. The summed E-state index contributed by atoms with van der Waals surface area (Å²) >= 11 is 0. The topological polar surface area (TPSA) is 91.8 Å². The van der Waals surface area contributed by atoms with Crippen molar-refractivity contribution in [1.82, 2.24) is 5.43 Å². The molecule has 0 unspecified atom stereocenters. The van der Waals surface area contributed by atoms with Gasteiger partial charge in [0.1, 0.15) is 5.75 Å². The minimum atomic E-state index is -0.281. The summed E-state index contributed by atoms with van der Waals surface area (Å²) in [7, 11) is 1.57. The number of methoxy groups -OCH3 is 1. The van der Waals surface area contributed by atoms with Crippen LogP contribution in [0.25, 0.3) is 0 Å². The van der Waals surface area contributed by atoms with Crippen molar-refractivity contribution < 1.29 is 14.3 Å². The first-order valence-corrected chi connectivity index (χ1v) is 7.65. The predicted molar refractivity (Wildman–Crippen MR) is 98.0 cm³/mol. The van der Waals surface area contributed by atoms with Crippen LogP contribution in [0.1, 0.15) is 12.5 Å². The fourth-order valence-corrected chi connectivity index (χ4v) is 2.04. The highest BCUT2D eigenvalue weighted by Gasteiger charge is 2.03. The SMILES string of the molecule is COc1ccccc1NCC(=O)N/N=C/c1ccc(NC(C)=O)cc1. The number of nitrogens with zero attached hydrogens (tertiary/aromatic N) is 1. The van der Waals surface area contributed by atoms with Gasteiger partial charge in [-0.3, -0.25) is 9.59 Å². The van der Waals surface area contributed by atoms with Crippen molar-refractivity contribution in [3.05, 3.63) is 54.1 Å². The van der Waals surface area contributed by atoms with E-state index in [0.717, 1.165) is 11.3 Å². The quantitative estimate of drug-likeness (QED) is 0.532. The lowest BCUT2D eigenvalue weighted by Gasteiger charge is -2.09. The van der Waals surface area contributed by atoms with Crippen LogP contribution in [0.2, 0.25) is 0 Å². The molecular formula is C18H20N4O3. The van der Waals surface area contributed by atoms with Crippen molar-refractivity contribution in [1.29, 1.82) is 0 Å². The third-order valence-corrected chi connectivity index (χ3v) is 3.18. The van der Waals surface area contributed by atoms with Crippen molar-refractivity contribution in [3.8, 4) is 5.75 Å². The number of hydrogen-bond acceptors (Lipinski definition) is 5. The Morgan fingerprint density at radius 3 is 2.52 bits per heavy atom. The molecule has 2 amide bonds. The average molecular weight is 340 g/mol. The smallest absolute Gasteiger partial charge is 0.259 e. The number of carbonyl (C=O) groups excluding carboxylic acids is 2. The van der Waals surface area contributed by atoms with Gasteiger partial charge in [0.25, 0.3) is 5.91 Å². The highest BCUT2D eigenvalue weighted by molar-refractivity contribution is 5.89. The molecule has 7 nitrogen and oxygen atoms in total. The first-order valence-electron chi connectivity index (χ1n) is 7.65. The van der Waals surface area contributed by atoms with Gasteiger partial charge in [-0.1, -0.05) is 24.3 Å². The van der Waals surface area contributed by atoms with Crippen LogP contribution < -0.4 is 20.8 Å². The Morgan fingerprint density at radius 2 is 1.84 bits per heavy atom. The van der Waals surface area contributed by atoms with E-state index >= 15 is 0 Å². The van der Waals surface area contributed by atoms with Gasteiger partial charge in [-0.05, 0) is 29.8 Å². The lowest BCUT2D eigenvalue weighted by Crippen LogP contribution is -2.26. The monoisotopic (exact) mass is 340 g/mol. The number of hydrazone groups is 1. The maximum Gasteiger partial charge on any atom is 0.259 e. The zero-order chi connectivity index (χ0) is 18.1. The van der Waals surface area contributed by atoms with Gasteiger partial charge in [-0.2, -0.15) is 5.10 Å². The van der Waals surface area contributed by atoms with Crippen LogP contribution in [0.3, 0.4) is 0 Å². The lowest BCUT2D eigenvalue weighted by molar-refractivity contribution is -0.119. The van der Waals surface area contributed by atoms with E-state index in [1.165, 1.54) is 13.1 Å². The third kappa shape index (κ3) is 5.98. The fraction of sp³-hybridized carbons (Fsp3) is 0.167. The standard InChI is InChI=1S/C18H20N4O3/c1-13(23)21-15-9-7-14(8-10-15)11-20-22-18(24)12-19-16-5-3-4-6-17(16)25-2/h3-11,19H,12H2,1-2H3,(H,21,23)(H,22,24)/b20-11+. The van der Waals surface area contributed by atoms with Crippen molar-refractivity contribution >= 4 is 29.4 Å². The Kier molecular flexibility index (Phi) is 6.53. The molecule has 0 heterocycles. The number of hydrogen-bond donors (Lipinski definition) is 3. The zero-order valence-electron chi connectivity index (χ0n) is 14.1. The molecule has 0 spiro atoms. The van der Waals surface area contributed by atoms with Gasteiger partial charge in [-0.25, -0.2) is 5.43 Å². The number of para-hydroxylation sites is 2. The lowest BCUT2D eigenvalue weighted by atomic mass is 10.2. The highest BCUT2D eigenvalue weighted by atomic mass is 16.5. The van der Waals surface area contributed by atoms with E-state index in [2.05, 4.69) is 21.2 Å². The van der Waals surface area contributed by atoms with Crippen molar-refractivity contribution in [3.63, 3.8) is 0 Å². The van der Waals surface area contributed by atoms with Gasteiger partial charge in [-0.15, -0.1) is 0 Å². The molecule has 0 aliphatic carbocycles. The molecule has 0 fully saturated rings. The largest absolute Gasteiger partial charge is 0.495 e.